The van der Waals surface area contributed by atoms with E-state index in [-0.39, 0.29) is 18.0 Å². The van der Waals surface area contributed by atoms with Crippen LogP contribution in [0.5, 0.6) is 0 Å². The highest BCUT2D eigenvalue weighted by molar-refractivity contribution is 6.30. The molecule has 1 aromatic rings. The molecule has 0 spiro atoms. The van der Waals surface area contributed by atoms with Gasteiger partial charge in [-0.05, 0) is 18.9 Å². The lowest BCUT2D eigenvalue weighted by molar-refractivity contribution is 0.0917. The van der Waals surface area contributed by atoms with Crippen LogP contribution < -0.4 is 11.1 Å². The van der Waals surface area contributed by atoms with E-state index in [1.165, 1.54) is 0 Å². The molecule has 0 bridgehead atoms. The summed E-state index contributed by atoms with van der Waals surface area (Å²) in [7, 11) is 0. The number of nitrogens with two attached hydrogens (primary N) is 1. The van der Waals surface area contributed by atoms with Gasteiger partial charge < -0.3 is 16.0 Å². The Morgan fingerprint density at radius 3 is 2.88 bits per heavy atom. The molecular formula is C11H16ClN3O. The van der Waals surface area contributed by atoms with E-state index in [1.807, 2.05) is 0 Å². The number of rotatable bonds is 2. The predicted octanol–water partition coefficient (Wildman–Crippen LogP) is 1.67. The molecule has 0 saturated heterocycles. The second kappa shape index (κ2) is 4.89. The summed E-state index contributed by atoms with van der Waals surface area (Å²) in [5.74, 6) is -0.130. The number of carbonyl (C=O) groups is 1. The highest BCUT2D eigenvalue weighted by Crippen LogP contribution is 2.17. The standard InChI is InChI=1S/C11H16ClN3O/c12-7-5-10(14-6-7)11(16)15-9-4-2-1-3-8(9)13/h5-6,8-9,14H,1-4,13H2,(H,15,16). The molecule has 2 unspecified atom stereocenters. The second-order valence-corrected chi connectivity index (χ2v) is 4.70. The maximum absolute atomic E-state index is 11.8. The first-order chi connectivity index (χ1) is 7.66. The number of nitrogens with one attached hydrogen (secondary N) is 2. The third-order valence-electron chi connectivity index (χ3n) is 3.03. The number of carbonyl (C=O) groups excluding carboxylic acids is 1. The highest BCUT2D eigenvalue weighted by Gasteiger charge is 2.23. The van der Waals surface area contributed by atoms with Crippen molar-refractivity contribution in [2.45, 2.75) is 37.8 Å². The van der Waals surface area contributed by atoms with Gasteiger partial charge in [-0.2, -0.15) is 0 Å². The SMILES string of the molecule is NC1CCCCC1NC(=O)c1cc(Cl)c[nH]1. The van der Waals surface area contributed by atoms with E-state index in [0.717, 1.165) is 25.7 Å². The Balaban J connectivity index is 1.96. The largest absolute Gasteiger partial charge is 0.356 e. The van der Waals surface area contributed by atoms with Crippen molar-refractivity contribution in [1.82, 2.24) is 10.3 Å². The van der Waals surface area contributed by atoms with Crippen molar-refractivity contribution in [2.75, 3.05) is 0 Å². The lowest BCUT2D eigenvalue weighted by Gasteiger charge is -2.29. The first-order valence-corrected chi connectivity index (χ1v) is 5.95. The molecule has 0 radical (unpaired) electrons. The normalized spacial score (nSPS) is 25.4. The van der Waals surface area contributed by atoms with E-state index < -0.39 is 0 Å². The van der Waals surface area contributed by atoms with Gasteiger partial charge in [-0.3, -0.25) is 4.79 Å². The third-order valence-corrected chi connectivity index (χ3v) is 3.25. The van der Waals surface area contributed by atoms with Crippen molar-refractivity contribution in [1.29, 1.82) is 0 Å². The quantitative estimate of drug-likeness (QED) is 0.737. The zero-order valence-corrected chi connectivity index (χ0v) is 9.76. The zero-order chi connectivity index (χ0) is 11.5. The molecule has 88 valence electrons. The van der Waals surface area contributed by atoms with Crippen LogP contribution in [0, 0.1) is 0 Å². The van der Waals surface area contributed by atoms with Crippen molar-refractivity contribution in [3.05, 3.63) is 23.0 Å². The van der Waals surface area contributed by atoms with Crippen molar-refractivity contribution in [3.8, 4) is 0 Å². The van der Waals surface area contributed by atoms with E-state index in [0.29, 0.717) is 10.7 Å². The van der Waals surface area contributed by atoms with Gasteiger partial charge in [0.25, 0.3) is 5.91 Å². The summed E-state index contributed by atoms with van der Waals surface area (Å²) in [5.41, 5.74) is 6.45. The molecule has 1 aliphatic rings. The fraction of sp³-hybridized carbons (Fsp3) is 0.545. The van der Waals surface area contributed by atoms with Gasteiger partial charge in [-0.15, -0.1) is 0 Å². The van der Waals surface area contributed by atoms with Crippen LogP contribution in [0.1, 0.15) is 36.2 Å². The van der Waals surface area contributed by atoms with Crippen LogP contribution >= 0.6 is 11.6 Å². The zero-order valence-electron chi connectivity index (χ0n) is 9.00. The molecule has 2 rings (SSSR count). The maximum atomic E-state index is 11.8. The molecule has 1 aromatic heterocycles. The molecule has 4 N–H and O–H groups in total. The number of hydrogen-bond donors (Lipinski definition) is 3. The van der Waals surface area contributed by atoms with E-state index >= 15 is 0 Å². The van der Waals surface area contributed by atoms with Gasteiger partial charge in [0.1, 0.15) is 5.69 Å². The van der Waals surface area contributed by atoms with E-state index in [4.69, 9.17) is 17.3 Å². The monoisotopic (exact) mass is 241 g/mol. The summed E-state index contributed by atoms with van der Waals surface area (Å²) in [4.78, 5) is 14.6. The molecule has 0 aliphatic heterocycles. The van der Waals surface area contributed by atoms with Gasteiger partial charge in [0.2, 0.25) is 0 Å². The summed E-state index contributed by atoms with van der Waals surface area (Å²) in [6.07, 6.45) is 5.82. The lowest BCUT2D eigenvalue weighted by Crippen LogP contribution is -2.49. The summed E-state index contributed by atoms with van der Waals surface area (Å²) in [5, 5.41) is 3.48. The van der Waals surface area contributed by atoms with Gasteiger partial charge in [0, 0.05) is 18.3 Å². The Labute approximate surface area is 99.5 Å². The number of amides is 1. The third kappa shape index (κ3) is 2.57. The van der Waals surface area contributed by atoms with Crippen LogP contribution in [-0.4, -0.2) is 23.0 Å². The van der Waals surface area contributed by atoms with E-state index in [9.17, 15) is 4.79 Å². The average Bonchev–Trinajstić information content (AvgIpc) is 2.68. The molecule has 5 heteroatoms. The van der Waals surface area contributed by atoms with Crippen molar-refractivity contribution in [3.63, 3.8) is 0 Å². The molecule has 4 nitrogen and oxygen atoms in total. The first kappa shape index (κ1) is 11.5. The van der Waals surface area contributed by atoms with Crippen LogP contribution in [0.25, 0.3) is 0 Å². The Morgan fingerprint density at radius 2 is 2.25 bits per heavy atom. The van der Waals surface area contributed by atoms with E-state index in [2.05, 4.69) is 10.3 Å². The lowest BCUT2D eigenvalue weighted by atomic mass is 9.91. The molecule has 1 amide bonds. The minimum Gasteiger partial charge on any atom is -0.356 e. The van der Waals surface area contributed by atoms with Crippen LogP contribution in [0.2, 0.25) is 5.02 Å². The van der Waals surface area contributed by atoms with Crippen molar-refractivity contribution < 1.29 is 4.79 Å². The molecule has 1 aliphatic carbocycles. The maximum Gasteiger partial charge on any atom is 0.268 e. The van der Waals surface area contributed by atoms with Gasteiger partial charge in [-0.25, -0.2) is 0 Å². The van der Waals surface area contributed by atoms with Crippen molar-refractivity contribution in [2.24, 2.45) is 5.73 Å². The highest BCUT2D eigenvalue weighted by atomic mass is 35.5. The minimum absolute atomic E-state index is 0.0723. The number of halogens is 1. The fourth-order valence-corrected chi connectivity index (χ4v) is 2.25. The Hall–Kier alpha value is -1.00. The smallest absolute Gasteiger partial charge is 0.268 e. The van der Waals surface area contributed by atoms with Crippen molar-refractivity contribution >= 4 is 17.5 Å². The summed E-state index contributed by atoms with van der Waals surface area (Å²) >= 11 is 5.74. The van der Waals surface area contributed by atoms with Gasteiger partial charge in [0.05, 0.1) is 5.02 Å². The second-order valence-electron chi connectivity index (χ2n) is 4.26. The molecule has 1 fully saturated rings. The van der Waals surface area contributed by atoms with Gasteiger partial charge >= 0.3 is 0 Å². The Morgan fingerprint density at radius 1 is 1.50 bits per heavy atom. The average molecular weight is 242 g/mol. The van der Waals surface area contributed by atoms with Gasteiger partial charge in [0.15, 0.2) is 0 Å². The van der Waals surface area contributed by atoms with Crippen LogP contribution in [0.4, 0.5) is 0 Å². The summed E-state index contributed by atoms with van der Waals surface area (Å²) < 4.78 is 0. The molecule has 0 aromatic carbocycles. The molecule has 2 atom stereocenters. The minimum atomic E-state index is -0.130. The topological polar surface area (TPSA) is 70.9 Å². The fourth-order valence-electron chi connectivity index (χ4n) is 2.08. The number of H-pyrrole nitrogens is 1. The summed E-state index contributed by atoms with van der Waals surface area (Å²) in [6, 6.07) is 1.78. The molecule has 1 heterocycles. The number of hydrogen-bond acceptors (Lipinski definition) is 2. The molecular weight excluding hydrogens is 226 g/mol. The predicted molar refractivity (Wildman–Crippen MR) is 63.5 cm³/mol. The van der Waals surface area contributed by atoms with E-state index in [1.54, 1.807) is 12.3 Å². The number of aromatic amines is 1. The molecule has 1 saturated carbocycles. The first-order valence-electron chi connectivity index (χ1n) is 5.57. The Bertz CT molecular complexity index is 377. The summed E-state index contributed by atoms with van der Waals surface area (Å²) in [6.45, 7) is 0. The Kier molecular flexibility index (Phi) is 3.51. The van der Waals surface area contributed by atoms with Crippen LogP contribution in [-0.2, 0) is 0 Å². The van der Waals surface area contributed by atoms with Crippen LogP contribution in [0.15, 0.2) is 12.3 Å². The number of aromatic nitrogens is 1. The van der Waals surface area contributed by atoms with Crippen LogP contribution in [0.3, 0.4) is 0 Å². The molecule has 16 heavy (non-hydrogen) atoms. The van der Waals surface area contributed by atoms with Gasteiger partial charge in [-0.1, -0.05) is 24.4 Å².